The Bertz CT molecular complexity index is 3020. The van der Waals surface area contributed by atoms with E-state index in [-0.39, 0.29) is 0 Å². The molecule has 10 aromatic rings. The number of anilines is 2. The van der Waals surface area contributed by atoms with Gasteiger partial charge in [0.15, 0.2) is 0 Å². The third-order valence-electron chi connectivity index (χ3n) is 11.4. The van der Waals surface area contributed by atoms with E-state index in [1.165, 1.54) is 68.4 Å². The van der Waals surface area contributed by atoms with Gasteiger partial charge in [-0.3, -0.25) is 0 Å². The zero-order valence-corrected chi connectivity index (χ0v) is 30.1. The first-order chi connectivity index (χ1) is 26.8. The maximum atomic E-state index is 6.68. The van der Waals surface area contributed by atoms with Gasteiger partial charge in [0, 0.05) is 43.9 Å². The van der Waals surface area contributed by atoms with Crippen molar-refractivity contribution in [3.63, 3.8) is 0 Å². The monoisotopic (exact) mass is 694 g/mol. The maximum absolute atomic E-state index is 6.68. The Labute approximate surface area is 314 Å². The Hall–Kier alpha value is -6.46. The average Bonchev–Trinajstić information content (AvgIpc) is 3.88. The number of rotatable bonds is 8. The molecule has 4 heterocycles. The van der Waals surface area contributed by atoms with E-state index < -0.39 is 0 Å². The molecule has 1 N–H and O–H groups in total. The van der Waals surface area contributed by atoms with Gasteiger partial charge in [-0.2, -0.15) is 0 Å². The number of furan rings is 1. The second kappa shape index (κ2) is 12.3. The quantitative estimate of drug-likeness (QED) is 0.127. The van der Waals surface area contributed by atoms with Gasteiger partial charge in [0.2, 0.25) is 7.28 Å². The molecular weight excluding hydrogens is 657 g/mol. The zero-order valence-electron chi connectivity index (χ0n) is 30.1. The number of hydrogen-bond donors (Lipinski definition) is 1. The Morgan fingerprint density at radius 1 is 0.593 bits per heavy atom. The number of nitrogens with zero attached hydrogens (tertiary/aromatic N) is 2. The molecule has 0 unspecified atom stereocenters. The van der Waals surface area contributed by atoms with Crippen LogP contribution in [0.1, 0.15) is 31.7 Å². The van der Waals surface area contributed by atoms with E-state index in [9.17, 15) is 0 Å². The molecule has 0 aliphatic carbocycles. The molecule has 54 heavy (non-hydrogen) atoms. The van der Waals surface area contributed by atoms with Crippen LogP contribution in [0.25, 0.3) is 77.1 Å². The molecule has 4 nitrogen and oxygen atoms in total. The van der Waals surface area contributed by atoms with Gasteiger partial charge < -0.3 is 18.9 Å². The fourth-order valence-electron chi connectivity index (χ4n) is 8.95. The Kier molecular flexibility index (Phi) is 7.09. The van der Waals surface area contributed by atoms with E-state index >= 15 is 0 Å². The third kappa shape index (κ3) is 4.64. The van der Waals surface area contributed by atoms with Crippen molar-refractivity contribution in [3.05, 3.63) is 157 Å². The molecule has 1 aliphatic rings. The summed E-state index contributed by atoms with van der Waals surface area (Å²) < 4.78 is 11.6. The summed E-state index contributed by atoms with van der Waals surface area (Å²) in [5, 5.41) is 9.88. The second-order valence-electron chi connectivity index (χ2n) is 14.6. The largest absolute Gasteiger partial charge is 0.469 e. The molecule has 0 amide bonds. The summed E-state index contributed by atoms with van der Waals surface area (Å²) in [4.78, 5) is 0. The van der Waals surface area contributed by atoms with Crippen LogP contribution in [0.15, 0.2) is 156 Å². The summed E-state index contributed by atoms with van der Waals surface area (Å²) in [5.41, 5.74) is 15.7. The van der Waals surface area contributed by atoms with Crippen molar-refractivity contribution in [1.82, 2.24) is 9.13 Å². The first kappa shape index (κ1) is 31.1. The number of aryl methyl sites for hydroxylation is 1. The first-order valence-corrected chi connectivity index (χ1v) is 19.2. The molecule has 0 spiro atoms. The van der Waals surface area contributed by atoms with Gasteiger partial charge in [-0.25, -0.2) is 0 Å². The standard InChI is InChI=1S/C49H37BN3O/c1-2-3-4-15-31-26-28-32(29-27-31)51-39-21-10-5-16-33(39)38-30-43(52-40-22-11-6-17-34(40)35-18-7-12-23-41(35)52)45-36-19-8-13-24-42(36)53-47-37-20-9-14-25-44(37)54-49(47)50-46(38)48(45)53/h5-14,16-30,51H,2-4,15H2,1H3. The lowest BCUT2D eigenvalue weighted by atomic mass is 9.62. The summed E-state index contributed by atoms with van der Waals surface area (Å²) in [7, 11) is 2.28. The van der Waals surface area contributed by atoms with Crippen LogP contribution in [0.4, 0.5) is 11.4 Å². The summed E-state index contributed by atoms with van der Waals surface area (Å²) >= 11 is 0. The molecule has 7 aromatic carbocycles. The molecule has 5 heteroatoms. The zero-order chi connectivity index (χ0) is 35.8. The van der Waals surface area contributed by atoms with E-state index in [0.717, 1.165) is 62.4 Å². The number of hydrogen-bond acceptors (Lipinski definition) is 2. The fourth-order valence-corrected chi connectivity index (χ4v) is 8.95. The van der Waals surface area contributed by atoms with Crippen LogP contribution in [0.3, 0.4) is 0 Å². The number of unbranched alkanes of at least 4 members (excludes halogenated alkanes) is 2. The maximum Gasteiger partial charge on any atom is 0.247 e. The lowest BCUT2D eigenvalue weighted by Crippen LogP contribution is -2.36. The smallest absolute Gasteiger partial charge is 0.247 e. The highest BCUT2D eigenvalue weighted by atomic mass is 16.3. The molecule has 0 saturated heterocycles. The van der Waals surface area contributed by atoms with Gasteiger partial charge >= 0.3 is 0 Å². The lowest BCUT2D eigenvalue weighted by molar-refractivity contribution is 0.650. The van der Waals surface area contributed by atoms with Crippen molar-refractivity contribution in [1.29, 1.82) is 0 Å². The van der Waals surface area contributed by atoms with Crippen LogP contribution in [-0.2, 0) is 6.42 Å². The molecule has 257 valence electrons. The average molecular weight is 695 g/mol. The molecule has 0 saturated carbocycles. The van der Waals surface area contributed by atoms with Crippen LogP contribution in [0, 0.1) is 0 Å². The van der Waals surface area contributed by atoms with Crippen LogP contribution >= 0.6 is 0 Å². The molecule has 0 bridgehead atoms. The van der Waals surface area contributed by atoms with Gasteiger partial charge in [0.25, 0.3) is 0 Å². The summed E-state index contributed by atoms with van der Waals surface area (Å²) in [6, 6.07) is 55.0. The second-order valence-corrected chi connectivity index (χ2v) is 14.6. The topological polar surface area (TPSA) is 35.0 Å². The molecule has 1 radical (unpaired) electrons. The van der Waals surface area contributed by atoms with Crippen LogP contribution < -0.4 is 16.4 Å². The van der Waals surface area contributed by atoms with E-state index in [1.54, 1.807) is 0 Å². The number of aromatic nitrogens is 2. The van der Waals surface area contributed by atoms with Crippen molar-refractivity contribution in [2.24, 2.45) is 0 Å². The third-order valence-corrected chi connectivity index (χ3v) is 11.4. The van der Waals surface area contributed by atoms with Gasteiger partial charge in [0.1, 0.15) is 5.58 Å². The number of nitrogens with one attached hydrogen (secondary N) is 1. The minimum atomic E-state index is 0.876. The van der Waals surface area contributed by atoms with Crippen LogP contribution in [0.2, 0.25) is 0 Å². The summed E-state index contributed by atoms with van der Waals surface area (Å²) in [6.45, 7) is 2.26. The first-order valence-electron chi connectivity index (χ1n) is 19.2. The van der Waals surface area contributed by atoms with Gasteiger partial charge in [-0.1, -0.05) is 117 Å². The summed E-state index contributed by atoms with van der Waals surface area (Å²) in [5.74, 6) is 0. The SMILES string of the molecule is CCCCCc1ccc(Nc2ccccc2-c2cc(-n3c4ccccc4c4ccccc43)c3c4ccccc4n4c3c2[B]c2oc3ccccc3c2-4)cc1. The fraction of sp³-hybridized carbons (Fsp3) is 0.102. The predicted octanol–water partition coefficient (Wildman–Crippen LogP) is 11.7. The van der Waals surface area contributed by atoms with Crippen molar-refractivity contribution in [3.8, 4) is 22.5 Å². The highest BCUT2D eigenvalue weighted by Gasteiger charge is 2.32. The van der Waals surface area contributed by atoms with Crippen molar-refractivity contribution < 1.29 is 4.42 Å². The molecule has 11 rings (SSSR count). The van der Waals surface area contributed by atoms with Gasteiger partial charge in [-0.05, 0) is 84.0 Å². The summed E-state index contributed by atoms with van der Waals surface area (Å²) in [6.07, 6.45) is 4.85. The van der Waals surface area contributed by atoms with E-state index in [0.29, 0.717) is 0 Å². The van der Waals surface area contributed by atoms with Crippen molar-refractivity contribution >= 4 is 84.4 Å². The van der Waals surface area contributed by atoms with Crippen molar-refractivity contribution in [2.45, 2.75) is 32.6 Å². The highest BCUT2D eigenvalue weighted by molar-refractivity contribution is 6.73. The van der Waals surface area contributed by atoms with Crippen molar-refractivity contribution in [2.75, 3.05) is 5.32 Å². The lowest BCUT2D eigenvalue weighted by Gasteiger charge is -2.23. The Morgan fingerprint density at radius 2 is 1.22 bits per heavy atom. The Morgan fingerprint density at radius 3 is 1.96 bits per heavy atom. The van der Waals surface area contributed by atoms with Crippen LogP contribution in [0.5, 0.6) is 0 Å². The molecular formula is C49H37BN3O. The highest BCUT2D eigenvalue weighted by Crippen LogP contribution is 2.44. The number of para-hydroxylation sites is 5. The van der Waals surface area contributed by atoms with Crippen LogP contribution in [-0.4, -0.2) is 16.4 Å². The minimum Gasteiger partial charge on any atom is -0.469 e. The predicted molar refractivity (Wildman–Crippen MR) is 228 cm³/mol. The van der Waals surface area contributed by atoms with Gasteiger partial charge in [0.05, 0.1) is 39.1 Å². The number of benzene rings is 7. The normalized spacial score (nSPS) is 12.2. The van der Waals surface area contributed by atoms with E-state index in [1.807, 2.05) is 0 Å². The van der Waals surface area contributed by atoms with E-state index in [2.05, 4.69) is 180 Å². The number of fused-ring (bicyclic) bond motifs is 10. The van der Waals surface area contributed by atoms with E-state index in [4.69, 9.17) is 4.42 Å². The molecule has 3 aromatic heterocycles. The van der Waals surface area contributed by atoms with Gasteiger partial charge in [-0.15, -0.1) is 0 Å². The Balaban J connectivity index is 1.22. The molecule has 0 fully saturated rings. The minimum absolute atomic E-state index is 0.876. The molecule has 1 aliphatic heterocycles. The molecule has 0 atom stereocenters.